The molecule has 2 unspecified atom stereocenters. The fourth-order valence-corrected chi connectivity index (χ4v) is 2.86. The summed E-state index contributed by atoms with van der Waals surface area (Å²) in [4.78, 5) is 14.0. The van der Waals surface area contributed by atoms with Crippen molar-refractivity contribution >= 4 is 17.6 Å². The molecule has 0 amide bonds. The highest BCUT2D eigenvalue weighted by atomic mass is 35.5. The van der Waals surface area contributed by atoms with E-state index in [0.29, 0.717) is 17.3 Å². The van der Waals surface area contributed by atoms with E-state index in [0.717, 1.165) is 17.5 Å². The molecule has 0 saturated heterocycles. The topological polar surface area (TPSA) is 96.3 Å². The molecule has 0 aliphatic carbocycles. The zero-order valence-corrected chi connectivity index (χ0v) is 16.6. The van der Waals surface area contributed by atoms with Gasteiger partial charge in [0, 0.05) is 22.5 Å². The van der Waals surface area contributed by atoms with Gasteiger partial charge in [-0.05, 0) is 54.3 Å². The van der Waals surface area contributed by atoms with Gasteiger partial charge in [-0.25, -0.2) is 4.79 Å². The highest BCUT2D eigenvalue weighted by molar-refractivity contribution is 6.30. The van der Waals surface area contributed by atoms with Crippen molar-refractivity contribution in [3.8, 4) is 5.75 Å². The minimum Gasteiger partial charge on any atom is -0.482 e. The van der Waals surface area contributed by atoms with Crippen LogP contribution in [0.5, 0.6) is 5.75 Å². The summed E-state index contributed by atoms with van der Waals surface area (Å²) in [5.41, 5.74) is 10.8. The van der Waals surface area contributed by atoms with Crippen LogP contribution >= 0.6 is 11.6 Å². The molecule has 148 valence electrons. The number of carbonyl (C=O) groups is 1. The lowest BCUT2D eigenvalue weighted by Crippen LogP contribution is -2.31. The van der Waals surface area contributed by atoms with Crippen molar-refractivity contribution in [2.75, 3.05) is 20.3 Å². The maximum absolute atomic E-state index is 11.1. The molecular weight excluding hydrogens is 380 g/mol. The Kier molecular flexibility index (Phi) is 8.62. The smallest absolute Gasteiger partial charge is 0.343 e. The number of nitrogens with zero attached hydrogens (tertiary/aromatic N) is 3. The van der Waals surface area contributed by atoms with Crippen molar-refractivity contribution in [3.63, 3.8) is 0 Å². The summed E-state index contributed by atoms with van der Waals surface area (Å²) in [6.07, 6.45) is 0.788. The molecule has 0 bridgehead atoms. The van der Waals surface area contributed by atoms with Gasteiger partial charge < -0.3 is 14.8 Å². The van der Waals surface area contributed by atoms with Crippen LogP contribution in [0.1, 0.15) is 24.1 Å². The lowest BCUT2D eigenvalue weighted by atomic mass is 10.0. The number of hydrogen-bond acceptors (Lipinski definition) is 5. The second kappa shape index (κ2) is 11.2. The average molecular weight is 403 g/mol. The molecule has 0 aromatic heterocycles. The molecule has 0 saturated carbocycles. The molecule has 0 aliphatic rings. The van der Waals surface area contributed by atoms with E-state index in [2.05, 4.69) is 27.0 Å². The molecule has 7 nitrogen and oxygen atoms in total. The van der Waals surface area contributed by atoms with Gasteiger partial charge in [0.1, 0.15) is 5.75 Å². The zero-order valence-electron chi connectivity index (χ0n) is 15.8. The molecule has 28 heavy (non-hydrogen) atoms. The molecule has 2 atom stereocenters. The van der Waals surface area contributed by atoms with Crippen molar-refractivity contribution in [1.82, 2.24) is 5.32 Å². The van der Waals surface area contributed by atoms with E-state index in [1.165, 1.54) is 7.11 Å². The number of nitrogens with one attached hydrogen (secondary N) is 1. The Morgan fingerprint density at radius 3 is 2.68 bits per heavy atom. The fraction of sp³-hybridized carbons (Fsp3) is 0.350. The van der Waals surface area contributed by atoms with Crippen molar-refractivity contribution in [1.29, 1.82) is 0 Å². The van der Waals surface area contributed by atoms with Gasteiger partial charge >= 0.3 is 5.97 Å². The Morgan fingerprint density at radius 2 is 2.04 bits per heavy atom. The van der Waals surface area contributed by atoms with E-state index >= 15 is 0 Å². The Morgan fingerprint density at radius 1 is 1.29 bits per heavy atom. The quantitative estimate of drug-likeness (QED) is 0.274. The summed E-state index contributed by atoms with van der Waals surface area (Å²) in [6, 6.07) is 14.7. The van der Waals surface area contributed by atoms with E-state index in [1.807, 2.05) is 36.4 Å². The van der Waals surface area contributed by atoms with Gasteiger partial charge in [-0.2, -0.15) is 0 Å². The van der Waals surface area contributed by atoms with Crippen LogP contribution in [-0.2, 0) is 16.0 Å². The lowest BCUT2D eigenvalue weighted by Gasteiger charge is -2.18. The minimum absolute atomic E-state index is 0.113. The van der Waals surface area contributed by atoms with Crippen LogP contribution in [0.4, 0.5) is 0 Å². The zero-order chi connectivity index (χ0) is 20.4. The number of esters is 1. The highest BCUT2D eigenvalue weighted by Crippen LogP contribution is 2.21. The average Bonchev–Trinajstić information content (AvgIpc) is 2.70. The largest absolute Gasteiger partial charge is 0.482 e. The van der Waals surface area contributed by atoms with Gasteiger partial charge in [-0.3, -0.25) is 0 Å². The van der Waals surface area contributed by atoms with Gasteiger partial charge in [-0.1, -0.05) is 41.0 Å². The molecule has 2 aromatic rings. The third-order valence-corrected chi connectivity index (χ3v) is 4.37. The summed E-state index contributed by atoms with van der Waals surface area (Å²) >= 11 is 6.03. The van der Waals surface area contributed by atoms with Crippen LogP contribution in [-0.4, -0.2) is 32.3 Å². The summed E-state index contributed by atoms with van der Waals surface area (Å²) in [6.45, 7) is 2.46. The monoisotopic (exact) mass is 402 g/mol. The van der Waals surface area contributed by atoms with Crippen LogP contribution in [0.15, 0.2) is 53.6 Å². The number of benzene rings is 2. The number of rotatable bonds is 10. The molecule has 0 heterocycles. The van der Waals surface area contributed by atoms with E-state index in [4.69, 9.17) is 21.9 Å². The van der Waals surface area contributed by atoms with Gasteiger partial charge in [0.25, 0.3) is 0 Å². The normalized spacial score (nSPS) is 12.5. The first kappa shape index (κ1) is 21.6. The summed E-state index contributed by atoms with van der Waals surface area (Å²) in [5.74, 6) is 0.190. The maximum atomic E-state index is 11.1. The maximum Gasteiger partial charge on any atom is 0.343 e. The van der Waals surface area contributed by atoms with Crippen molar-refractivity contribution in [2.45, 2.75) is 25.4 Å². The fourth-order valence-electron chi connectivity index (χ4n) is 2.66. The van der Waals surface area contributed by atoms with Crippen molar-refractivity contribution in [3.05, 3.63) is 75.1 Å². The number of methoxy groups -OCH3 is 1. The van der Waals surface area contributed by atoms with Crippen molar-refractivity contribution < 1.29 is 14.3 Å². The summed E-state index contributed by atoms with van der Waals surface area (Å²) < 4.78 is 9.88. The molecule has 2 aromatic carbocycles. The van der Waals surface area contributed by atoms with Crippen LogP contribution in [0.3, 0.4) is 0 Å². The van der Waals surface area contributed by atoms with E-state index < -0.39 is 5.97 Å². The van der Waals surface area contributed by atoms with Crippen LogP contribution in [0, 0.1) is 0 Å². The van der Waals surface area contributed by atoms with E-state index in [-0.39, 0.29) is 18.7 Å². The Hall–Kier alpha value is -2.73. The molecular formula is C20H23ClN4O3. The standard InChI is InChI=1S/C20H23ClN4O3/c1-14(10-15-6-8-18(9-7-15)28-13-20(26)27-2)23-12-19(24-25-22)16-4-3-5-17(21)11-16/h3-9,11,14,19,23H,10,12-13H2,1-2H3. The highest BCUT2D eigenvalue weighted by Gasteiger charge is 2.12. The van der Waals surface area contributed by atoms with Gasteiger partial charge in [0.05, 0.1) is 13.2 Å². The molecule has 0 radical (unpaired) electrons. The van der Waals surface area contributed by atoms with Crippen LogP contribution in [0.25, 0.3) is 10.4 Å². The Labute approximate surface area is 169 Å². The van der Waals surface area contributed by atoms with Gasteiger partial charge in [0.2, 0.25) is 0 Å². The first-order valence-electron chi connectivity index (χ1n) is 8.83. The second-order valence-corrected chi connectivity index (χ2v) is 6.73. The lowest BCUT2D eigenvalue weighted by molar-refractivity contribution is -0.142. The SMILES string of the molecule is COC(=O)COc1ccc(CC(C)NCC(N=[N+]=[N-])c2cccc(Cl)c2)cc1. The molecule has 8 heteroatoms. The third-order valence-electron chi connectivity index (χ3n) is 4.13. The third kappa shape index (κ3) is 7.12. The molecule has 0 fully saturated rings. The molecule has 1 N–H and O–H groups in total. The van der Waals surface area contributed by atoms with Crippen LogP contribution < -0.4 is 10.1 Å². The van der Waals surface area contributed by atoms with E-state index in [9.17, 15) is 4.79 Å². The first-order valence-corrected chi connectivity index (χ1v) is 9.21. The minimum atomic E-state index is -0.420. The second-order valence-electron chi connectivity index (χ2n) is 6.30. The first-order chi connectivity index (χ1) is 13.5. The predicted molar refractivity (Wildman–Crippen MR) is 108 cm³/mol. The van der Waals surface area contributed by atoms with Crippen molar-refractivity contribution in [2.24, 2.45) is 5.11 Å². The predicted octanol–water partition coefficient (Wildman–Crippen LogP) is 4.46. The Bertz CT molecular complexity index is 822. The number of azide groups is 1. The van der Waals surface area contributed by atoms with Gasteiger partial charge in [0.15, 0.2) is 6.61 Å². The molecule has 0 spiro atoms. The summed E-state index contributed by atoms with van der Waals surface area (Å²) in [5, 5.41) is 7.88. The Balaban J connectivity index is 1.87. The number of halogens is 1. The number of hydrogen-bond donors (Lipinski definition) is 1. The van der Waals surface area contributed by atoms with E-state index in [1.54, 1.807) is 12.1 Å². The number of ether oxygens (including phenoxy) is 2. The number of carbonyl (C=O) groups excluding carboxylic acids is 1. The molecule has 2 rings (SSSR count). The van der Waals surface area contributed by atoms with Gasteiger partial charge in [-0.15, -0.1) is 0 Å². The summed E-state index contributed by atoms with van der Waals surface area (Å²) in [7, 11) is 1.32. The van der Waals surface area contributed by atoms with Crippen LogP contribution in [0.2, 0.25) is 5.02 Å². The molecule has 0 aliphatic heterocycles.